The van der Waals surface area contributed by atoms with Gasteiger partial charge in [0.2, 0.25) is 5.91 Å². The van der Waals surface area contributed by atoms with Crippen LogP contribution in [0.2, 0.25) is 0 Å². The maximum atomic E-state index is 14.2. The van der Waals surface area contributed by atoms with Crippen LogP contribution in [-0.4, -0.2) is 93.6 Å². The van der Waals surface area contributed by atoms with Gasteiger partial charge < -0.3 is 40.1 Å². The maximum Gasteiger partial charge on any atom is 0.339 e. The lowest BCUT2D eigenvalue weighted by Crippen LogP contribution is -2.64. The van der Waals surface area contributed by atoms with Gasteiger partial charge in [0.1, 0.15) is 17.2 Å². The van der Waals surface area contributed by atoms with Crippen LogP contribution in [0.25, 0.3) is 11.0 Å². The zero-order chi connectivity index (χ0) is 44.5. The van der Waals surface area contributed by atoms with Gasteiger partial charge in [-0.25, -0.2) is 14.6 Å². The predicted octanol–water partition coefficient (Wildman–Crippen LogP) is 6.34. The van der Waals surface area contributed by atoms with Crippen LogP contribution in [-0.2, 0) is 40.0 Å². The second-order valence-corrected chi connectivity index (χ2v) is 20.4. The number of aliphatic hydroxyl groups excluding tert-OH is 2. The maximum absolute atomic E-state index is 14.2. The van der Waals surface area contributed by atoms with E-state index >= 15 is 0 Å². The van der Waals surface area contributed by atoms with Crippen molar-refractivity contribution in [3.8, 4) is 5.75 Å². The SMILES string of the molecule is C/C=C(\C)C(=O)O[C@]1(C)CC=C2CSSC[C@@H]3[C@H](CNC)CN3C(=O)Cc3cnc(N)cc3[C@H]2[C@]12Cc1cc3cc(C[C@H](CO)CC[C@H](O)Cc4ccccc4)c(=O)oc3cc1O2. The molecule has 2 aromatic carbocycles. The summed E-state index contributed by atoms with van der Waals surface area (Å²) in [4.78, 5) is 48.1. The van der Waals surface area contributed by atoms with Crippen molar-refractivity contribution < 1.29 is 33.7 Å². The Morgan fingerprint density at radius 2 is 1.94 bits per heavy atom. The van der Waals surface area contributed by atoms with Gasteiger partial charge in [-0.1, -0.05) is 69.6 Å². The fourth-order valence-electron chi connectivity index (χ4n) is 9.94. The van der Waals surface area contributed by atoms with Crippen molar-refractivity contribution in [1.29, 1.82) is 0 Å². The van der Waals surface area contributed by atoms with E-state index < -0.39 is 34.8 Å². The third kappa shape index (κ3) is 9.07. The number of allylic oxidation sites excluding steroid dienone is 1. The minimum atomic E-state index is -1.22. The number of hydrogen-bond donors (Lipinski definition) is 4. The van der Waals surface area contributed by atoms with Gasteiger partial charge in [-0.3, -0.25) is 4.79 Å². The molecule has 3 aliphatic heterocycles. The lowest BCUT2D eigenvalue weighted by molar-refractivity contribution is -0.183. The topological polar surface area (TPSA) is 177 Å². The van der Waals surface area contributed by atoms with Crippen LogP contribution in [0.5, 0.6) is 5.75 Å². The molecule has 1 amide bonds. The van der Waals surface area contributed by atoms with E-state index in [1.54, 1.807) is 53.8 Å². The molecule has 12 nitrogen and oxygen atoms in total. The normalized spacial score (nSPS) is 25.6. The van der Waals surface area contributed by atoms with Crippen LogP contribution < -0.4 is 21.4 Å². The van der Waals surface area contributed by atoms with E-state index in [0.717, 1.165) is 40.1 Å². The number of nitrogens with zero attached hydrogens (tertiary/aromatic N) is 2. The summed E-state index contributed by atoms with van der Waals surface area (Å²) in [7, 11) is 5.46. The van der Waals surface area contributed by atoms with Crippen LogP contribution in [0.1, 0.15) is 73.8 Å². The van der Waals surface area contributed by atoms with E-state index in [1.165, 1.54) is 0 Å². The molecule has 1 fully saturated rings. The molecular weight excluding hydrogens is 837 g/mol. The fourth-order valence-corrected chi connectivity index (χ4v) is 12.5. The zero-order valence-corrected chi connectivity index (χ0v) is 38.1. The number of aromatic nitrogens is 1. The average molecular weight is 895 g/mol. The third-order valence-electron chi connectivity index (χ3n) is 13.7. The average Bonchev–Trinajstić information content (AvgIpc) is 3.63. The molecule has 4 aliphatic rings. The number of pyridine rings is 1. The molecule has 334 valence electrons. The number of amides is 1. The van der Waals surface area contributed by atoms with Gasteiger partial charge in [-0.05, 0) is 99.9 Å². The van der Waals surface area contributed by atoms with Crippen LogP contribution in [0, 0.1) is 11.8 Å². The Balaban J connectivity index is 1.16. The summed E-state index contributed by atoms with van der Waals surface area (Å²) in [5, 5.41) is 25.1. The second-order valence-electron chi connectivity index (χ2n) is 17.9. The molecule has 8 rings (SSSR count). The molecule has 5 N–H and O–H groups in total. The van der Waals surface area contributed by atoms with Gasteiger partial charge in [-0.2, -0.15) is 0 Å². The number of nitrogen functional groups attached to an aromatic ring is 1. The van der Waals surface area contributed by atoms with Crippen molar-refractivity contribution in [3.05, 3.63) is 122 Å². The lowest BCUT2D eigenvalue weighted by Gasteiger charge is -2.52. The molecule has 63 heavy (non-hydrogen) atoms. The summed E-state index contributed by atoms with van der Waals surface area (Å²) in [5.74, 6) is 1.45. The Bertz CT molecular complexity index is 2480. The largest absolute Gasteiger partial charge is 0.481 e. The van der Waals surface area contributed by atoms with Gasteiger partial charge >= 0.3 is 11.6 Å². The molecule has 0 radical (unpaired) electrons. The quantitative estimate of drug-likeness (QED) is 0.0408. The third-order valence-corrected chi connectivity index (χ3v) is 16.0. The number of nitrogens with one attached hydrogen (secondary N) is 1. The molecule has 0 bridgehead atoms. The highest BCUT2D eigenvalue weighted by molar-refractivity contribution is 8.76. The first-order valence-corrected chi connectivity index (χ1v) is 24.4. The Morgan fingerprint density at radius 1 is 1.13 bits per heavy atom. The van der Waals surface area contributed by atoms with Crippen molar-refractivity contribution in [2.24, 2.45) is 11.8 Å². The number of hydrogen-bond acceptors (Lipinski definition) is 13. The minimum Gasteiger partial charge on any atom is -0.481 e. The standard InChI is InChI=1S/C49H58N4O8S2/c1-5-29(2)46(57)61-48(3)14-13-32-27-62-63-28-40-37(23-51-4)25-53(40)44(56)19-36-24-52-43(50)20-39(36)45(32)49(48)22-35-18-33-17-34(47(58)59-41(33)21-42(35)60-49)15-31(26-54)11-12-38(55)16-30-9-7-6-8-10-30/h5-10,13,17-18,20-21,24,31,37-38,40,45,51,54-55H,11-12,14-16,19,22-23,25-28H2,1-4H3,(H2,50,52)/b29-5+/t31-,37-,38+,40-,45+,48-,49-/m1/s1. The number of ether oxygens (including phenoxy) is 2. The number of aliphatic hydroxyl groups is 2. The molecule has 14 heteroatoms. The molecule has 5 heterocycles. The minimum absolute atomic E-state index is 0.0270. The summed E-state index contributed by atoms with van der Waals surface area (Å²) < 4.78 is 19.9. The Morgan fingerprint density at radius 3 is 2.70 bits per heavy atom. The van der Waals surface area contributed by atoms with Gasteiger partial charge in [0.15, 0.2) is 11.2 Å². The first-order chi connectivity index (χ1) is 30.3. The first kappa shape index (κ1) is 45.0. The van der Waals surface area contributed by atoms with Gasteiger partial charge in [0.25, 0.3) is 0 Å². The Hall–Kier alpha value is -4.60. The smallest absolute Gasteiger partial charge is 0.339 e. The van der Waals surface area contributed by atoms with Gasteiger partial charge in [0.05, 0.1) is 18.4 Å². The summed E-state index contributed by atoms with van der Waals surface area (Å²) in [6.45, 7) is 6.85. The van der Waals surface area contributed by atoms with Crippen molar-refractivity contribution >= 4 is 50.3 Å². The summed E-state index contributed by atoms with van der Waals surface area (Å²) >= 11 is 0. The Kier molecular flexibility index (Phi) is 13.5. The number of nitrogens with two attached hydrogens (primary N) is 1. The molecule has 1 spiro atoms. The molecule has 0 saturated carbocycles. The predicted molar refractivity (Wildman–Crippen MR) is 249 cm³/mol. The summed E-state index contributed by atoms with van der Waals surface area (Å²) in [6.07, 6.45) is 7.67. The molecule has 1 aliphatic carbocycles. The van der Waals surface area contributed by atoms with E-state index in [2.05, 4.69) is 16.4 Å². The number of carbonyl (C=O) groups is 2. The number of rotatable bonds is 12. The van der Waals surface area contributed by atoms with Crippen molar-refractivity contribution in [3.63, 3.8) is 0 Å². The van der Waals surface area contributed by atoms with E-state index in [9.17, 15) is 24.6 Å². The summed E-state index contributed by atoms with van der Waals surface area (Å²) in [6, 6.07) is 17.3. The number of fused-ring (bicyclic) bond motifs is 7. The lowest BCUT2D eigenvalue weighted by atomic mass is 9.61. The van der Waals surface area contributed by atoms with E-state index in [-0.39, 0.29) is 37.3 Å². The number of esters is 1. The fraction of sp³-hybridized carbons (Fsp3) is 0.469. The van der Waals surface area contributed by atoms with Crippen LogP contribution >= 0.6 is 21.6 Å². The highest BCUT2D eigenvalue weighted by atomic mass is 33.1. The van der Waals surface area contributed by atoms with E-state index in [0.29, 0.717) is 84.0 Å². The van der Waals surface area contributed by atoms with Crippen LogP contribution in [0.4, 0.5) is 5.82 Å². The number of benzene rings is 2. The molecule has 4 aromatic rings. The number of carbonyl (C=O) groups excluding carboxylic acids is 2. The van der Waals surface area contributed by atoms with Gasteiger partial charge in [0, 0.05) is 84.8 Å². The van der Waals surface area contributed by atoms with E-state index in [1.807, 2.05) is 67.4 Å². The first-order valence-electron chi connectivity index (χ1n) is 21.9. The van der Waals surface area contributed by atoms with Gasteiger partial charge in [-0.15, -0.1) is 0 Å². The van der Waals surface area contributed by atoms with Crippen molar-refractivity contribution in [2.75, 3.05) is 44.0 Å². The molecule has 0 unspecified atom stereocenters. The van der Waals surface area contributed by atoms with Crippen molar-refractivity contribution in [1.82, 2.24) is 15.2 Å². The Labute approximate surface area is 376 Å². The summed E-state index contributed by atoms with van der Waals surface area (Å²) in [5.41, 5.74) is 9.34. The van der Waals surface area contributed by atoms with Crippen molar-refractivity contribution in [2.45, 2.75) is 95.0 Å². The monoisotopic (exact) mass is 894 g/mol. The highest BCUT2D eigenvalue weighted by Crippen LogP contribution is 2.58. The second kappa shape index (κ2) is 18.9. The zero-order valence-electron chi connectivity index (χ0n) is 36.4. The number of anilines is 1. The molecular formula is C49H58N4O8S2. The highest BCUT2D eigenvalue weighted by Gasteiger charge is 2.64. The molecule has 1 saturated heterocycles. The van der Waals surface area contributed by atoms with E-state index in [4.69, 9.17) is 19.6 Å². The molecule has 7 atom stereocenters. The van der Waals surface area contributed by atoms with Crippen LogP contribution in [0.3, 0.4) is 0 Å². The molecule has 2 aromatic heterocycles. The van der Waals surface area contributed by atoms with Crippen LogP contribution in [0.15, 0.2) is 93.3 Å².